The van der Waals surface area contributed by atoms with E-state index >= 15 is 0 Å². The highest BCUT2D eigenvalue weighted by Crippen LogP contribution is 1.80. The molecule has 0 unspecified atom stereocenters. The largest absolute Gasteiger partial charge is 0.315 e. The van der Waals surface area contributed by atoms with Crippen molar-refractivity contribution < 1.29 is 0 Å². The van der Waals surface area contributed by atoms with Crippen LogP contribution >= 0.6 is 0 Å². The standard InChI is InChI=1S/C6H6.C5H12N2/c1-2-4-6-5-3-1;1-2-6-4-5-7-3-1/h1-6H;6-7H,1-5H2. The first-order chi connectivity index (χ1) is 6.50. The highest BCUT2D eigenvalue weighted by molar-refractivity contribution is 4.99. The summed E-state index contributed by atoms with van der Waals surface area (Å²) in [6, 6.07) is 12.0. The second kappa shape index (κ2) is 7.77. The smallest absolute Gasteiger partial charge is 0.00767 e. The zero-order valence-electron chi connectivity index (χ0n) is 8.00. The second-order valence-electron chi connectivity index (χ2n) is 3.01. The van der Waals surface area contributed by atoms with Gasteiger partial charge in [0, 0.05) is 13.1 Å². The van der Waals surface area contributed by atoms with Gasteiger partial charge in [-0.05, 0) is 19.5 Å². The number of hydrogen-bond acceptors (Lipinski definition) is 2. The van der Waals surface area contributed by atoms with Crippen molar-refractivity contribution in [2.75, 3.05) is 26.2 Å². The Morgan fingerprint density at radius 3 is 1.31 bits per heavy atom. The third kappa shape index (κ3) is 6.31. The highest BCUT2D eigenvalue weighted by Gasteiger charge is 1.92. The van der Waals surface area contributed by atoms with Crippen molar-refractivity contribution in [1.82, 2.24) is 10.6 Å². The van der Waals surface area contributed by atoms with Crippen LogP contribution in [0.5, 0.6) is 0 Å². The van der Waals surface area contributed by atoms with Crippen molar-refractivity contribution in [2.45, 2.75) is 6.42 Å². The van der Waals surface area contributed by atoms with Crippen molar-refractivity contribution in [3.8, 4) is 0 Å². The van der Waals surface area contributed by atoms with Gasteiger partial charge in [-0.15, -0.1) is 0 Å². The van der Waals surface area contributed by atoms with Gasteiger partial charge in [-0.2, -0.15) is 0 Å². The average molecular weight is 178 g/mol. The highest BCUT2D eigenvalue weighted by atomic mass is 15.0. The minimum atomic E-state index is 1.14. The van der Waals surface area contributed by atoms with E-state index in [4.69, 9.17) is 0 Å². The lowest BCUT2D eigenvalue weighted by Gasteiger charge is -1.92. The normalized spacial score (nSPS) is 16.6. The quantitative estimate of drug-likeness (QED) is 0.625. The van der Waals surface area contributed by atoms with E-state index < -0.39 is 0 Å². The van der Waals surface area contributed by atoms with Crippen molar-refractivity contribution in [3.05, 3.63) is 36.4 Å². The molecule has 2 heteroatoms. The van der Waals surface area contributed by atoms with Gasteiger partial charge in [-0.1, -0.05) is 36.4 Å². The molecule has 0 aliphatic carbocycles. The summed E-state index contributed by atoms with van der Waals surface area (Å²) >= 11 is 0. The number of hydrogen-bond donors (Lipinski definition) is 2. The van der Waals surface area contributed by atoms with Crippen LogP contribution in [0.2, 0.25) is 0 Å². The molecule has 2 rings (SSSR count). The summed E-state index contributed by atoms with van der Waals surface area (Å²) in [4.78, 5) is 0. The summed E-state index contributed by atoms with van der Waals surface area (Å²) in [6.45, 7) is 4.65. The zero-order valence-corrected chi connectivity index (χ0v) is 8.00. The third-order valence-electron chi connectivity index (χ3n) is 1.85. The first-order valence-corrected chi connectivity index (χ1v) is 4.91. The molecule has 0 aromatic heterocycles. The van der Waals surface area contributed by atoms with E-state index in [2.05, 4.69) is 10.6 Å². The Morgan fingerprint density at radius 1 is 0.538 bits per heavy atom. The van der Waals surface area contributed by atoms with Crippen LogP contribution < -0.4 is 10.6 Å². The first kappa shape index (κ1) is 10.2. The van der Waals surface area contributed by atoms with Crippen LogP contribution in [0.3, 0.4) is 0 Å². The molecule has 0 amide bonds. The predicted molar refractivity (Wildman–Crippen MR) is 56.8 cm³/mol. The molecule has 1 aliphatic heterocycles. The lowest BCUT2D eigenvalue weighted by atomic mass is 10.4. The monoisotopic (exact) mass is 178 g/mol. The zero-order chi connectivity index (χ0) is 9.19. The summed E-state index contributed by atoms with van der Waals surface area (Å²) in [5.41, 5.74) is 0. The lowest BCUT2D eigenvalue weighted by Crippen LogP contribution is -2.21. The van der Waals surface area contributed by atoms with Gasteiger partial charge in [0.15, 0.2) is 0 Å². The van der Waals surface area contributed by atoms with Crippen LogP contribution in [-0.4, -0.2) is 26.2 Å². The Labute approximate surface area is 80.4 Å². The van der Waals surface area contributed by atoms with Crippen LogP contribution in [0.15, 0.2) is 36.4 Å². The van der Waals surface area contributed by atoms with Gasteiger partial charge in [0.25, 0.3) is 0 Å². The number of rotatable bonds is 0. The second-order valence-corrected chi connectivity index (χ2v) is 3.01. The molecule has 72 valence electrons. The Morgan fingerprint density at radius 2 is 0.923 bits per heavy atom. The van der Waals surface area contributed by atoms with E-state index in [1.165, 1.54) is 19.5 Å². The minimum absolute atomic E-state index is 1.14. The van der Waals surface area contributed by atoms with E-state index in [9.17, 15) is 0 Å². The van der Waals surface area contributed by atoms with Crippen molar-refractivity contribution in [2.24, 2.45) is 0 Å². The molecule has 0 bridgehead atoms. The topological polar surface area (TPSA) is 24.1 Å². The van der Waals surface area contributed by atoms with Crippen molar-refractivity contribution >= 4 is 0 Å². The van der Waals surface area contributed by atoms with E-state index in [0.29, 0.717) is 0 Å². The van der Waals surface area contributed by atoms with Gasteiger partial charge in [-0.25, -0.2) is 0 Å². The van der Waals surface area contributed by atoms with Gasteiger partial charge < -0.3 is 10.6 Å². The van der Waals surface area contributed by atoms with Gasteiger partial charge in [0.1, 0.15) is 0 Å². The number of benzene rings is 1. The van der Waals surface area contributed by atoms with Crippen molar-refractivity contribution in [1.29, 1.82) is 0 Å². The van der Waals surface area contributed by atoms with Crippen LogP contribution in [0.4, 0.5) is 0 Å². The van der Waals surface area contributed by atoms with E-state index in [0.717, 1.165) is 13.1 Å². The lowest BCUT2D eigenvalue weighted by molar-refractivity contribution is 0.718. The molecule has 2 N–H and O–H groups in total. The Hall–Kier alpha value is -0.860. The number of nitrogens with one attached hydrogen (secondary N) is 2. The van der Waals surface area contributed by atoms with Gasteiger partial charge >= 0.3 is 0 Å². The summed E-state index contributed by atoms with van der Waals surface area (Å²) in [5, 5.41) is 6.57. The van der Waals surface area contributed by atoms with Crippen LogP contribution in [0, 0.1) is 0 Å². The van der Waals surface area contributed by atoms with Crippen LogP contribution in [0.1, 0.15) is 6.42 Å². The summed E-state index contributed by atoms with van der Waals surface area (Å²) in [6.07, 6.45) is 1.28. The van der Waals surface area contributed by atoms with E-state index in [-0.39, 0.29) is 0 Å². The fourth-order valence-corrected chi connectivity index (χ4v) is 1.15. The summed E-state index contributed by atoms with van der Waals surface area (Å²) in [5.74, 6) is 0. The summed E-state index contributed by atoms with van der Waals surface area (Å²) in [7, 11) is 0. The van der Waals surface area contributed by atoms with Gasteiger partial charge in [-0.3, -0.25) is 0 Å². The Bertz CT molecular complexity index is 140. The molecule has 1 heterocycles. The van der Waals surface area contributed by atoms with Crippen LogP contribution in [-0.2, 0) is 0 Å². The predicted octanol–water partition coefficient (Wildman–Crippen LogP) is 1.26. The minimum Gasteiger partial charge on any atom is -0.315 e. The van der Waals surface area contributed by atoms with E-state index in [1.807, 2.05) is 36.4 Å². The van der Waals surface area contributed by atoms with Crippen LogP contribution in [0.25, 0.3) is 0 Å². The molecule has 1 aliphatic rings. The molecule has 1 aromatic rings. The molecule has 0 atom stereocenters. The Kier molecular flexibility index (Phi) is 6.11. The maximum Gasteiger partial charge on any atom is 0.00767 e. The summed E-state index contributed by atoms with van der Waals surface area (Å²) < 4.78 is 0. The fourth-order valence-electron chi connectivity index (χ4n) is 1.15. The molecule has 0 radical (unpaired) electrons. The molecule has 1 aromatic carbocycles. The van der Waals surface area contributed by atoms with Gasteiger partial charge in [0.2, 0.25) is 0 Å². The molecule has 2 nitrogen and oxygen atoms in total. The molecular weight excluding hydrogens is 160 g/mol. The molecular formula is C11H18N2. The van der Waals surface area contributed by atoms with Crippen molar-refractivity contribution in [3.63, 3.8) is 0 Å². The third-order valence-corrected chi connectivity index (χ3v) is 1.85. The maximum atomic E-state index is 3.28. The first-order valence-electron chi connectivity index (χ1n) is 4.91. The molecule has 1 fully saturated rings. The average Bonchev–Trinajstić information content (AvgIpc) is 2.53. The van der Waals surface area contributed by atoms with E-state index in [1.54, 1.807) is 0 Å². The Balaban J connectivity index is 0.000000132. The SMILES string of the molecule is C1CNCCNC1.c1ccccc1. The molecule has 0 saturated carbocycles. The fraction of sp³-hybridized carbons (Fsp3) is 0.455. The molecule has 0 spiro atoms. The molecule has 1 saturated heterocycles. The maximum absolute atomic E-state index is 3.28. The van der Waals surface area contributed by atoms with Gasteiger partial charge in [0.05, 0.1) is 0 Å². The molecule has 13 heavy (non-hydrogen) atoms.